The summed E-state index contributed by atoms with van der Waals surface area (Å²) in [6, 6.07) is 47.8. The predicted molar refractivity (Wildman–Crippen MR) is 172 cm³/mol. The molecule has 0 N–H and O–H groups in total. The fraction of sp³-hybridized carbons (Fsp3) is 0. The number of hydrogen-bond acceptors (Lipinski definition) is 3. The summed E-state index contributed by atoms with van der Waals surface area (Å²) in [5, 5.41) is 7.39. The number of rotatable bonds is 4. The Kier molecular flexibility index (Phi) is 5.35. The van der Waals surface area contributed by atoms with E-state index in [1.807, 2.05) is 23.7 Å². The van der Waals surface area contributed by atoms with Crippen LogP contribution in [-0.4, -0.2) is 4.98 Å². The van der Waals surface area contributed by atoms with Gasteiger partial charge >= 0.3 is 0 Å². The van der Waals surface area contributed by atoms with Crippen LogP contribution in [0.1, 0.15) is 0 Å². The van der Waals surface area contributed by atoms with Gasteiger partial charge in [-0.3, -0.25) is 4.98 Å². The van der Waals surface area contributed by atoms with Crippen LogP contribution >= 0.6 is 11.3 Å². The summed E-state index contributed by atoms with van der Waals surface area (Å²) in [7, 11) is 0. The molecule has 0 fully saturated rings. The molecule has 8 rings (SSSR count). The molecule has 0 bridgehead atoms. The lowest BCUT2D eigenvalue weighted by Gasteiger charge is -2.28. The van der Waals surface area contributed by atoms with Crippen LogP contribution in [-0.2, 0) is 0 Å². The van der Waals surface area contributed by atoms with E-state index in [2.05, 4.69) is 138 Å². The van der Waals surface area contributed by atoms with E-state index in [0.717, 1.165) is 17.1 Å². The fourth-order valence-corrected chi connectivity index (χ4v) is 7.02. The average molecular weight is 529 g/mol. The third kappa shape index (κ3) is 3.67. The molecule has 0 aliphatic carbocycles. The smallest absolute Gasteiger partial charge is 0.0825 e. The molecule has 0 aliphatic heterocycles. The summed E-state index contributed by atoms with van der Waals surface area (Å²) < 4.78 is 2.51. The van der Waals surface area contributed by atoms with Crippen molar-refractivity contribution in [3.05, 3.63) is 146 Å². The highest BCUT2D eigenvalue weighted by atomic mass is 32.1. The van der Waals surface area contributed by atoms with Crippen molar-refractivity contribution in [2.75, 3.05) is 4.90 Å². The van der Waals surface area contributed by atoms with Crippen LogP contribution in [0.3, 0.4) is 0 Å². The lowest BCUT2D eigenvalue weighted by Crippen LogP contribution is -2.11. The molecule has 0 unspecified atom stereocenters. The van der Waals surface area contributed by atoms with Crippen molar-refractivity contribution in [1.82, 2.24) is 4.98 Å². The Morgan fingerprint density at radius 3 is 1.95 bits per heavy atom. The Bertz CT molecular complexity index is 2160. The maximum absolute atomic E-state index is 4.78. The van der Waals surface area contributed by atoms with Crippen molar-refractivity contribution >= 4 is 70.1 Å². The normalized spacial score (nSPS) is 11.5. The first-order valence-corrected chi connectivity index (χ1v) is 14.3. The van der Waals surface area contributed by atoms with E-state index < -0.39 is 0 Å². The van der Waals surface area contributed by atoms with Crippen LogP contribution in [0.5, 0.6) is 0 Å². The summed E-state index contributed by atoms with van der Waals surface area (Å²) in [5.41, 5.74) is 5.75. The van der Waals surface area contributed by atoms with Crippen LogP contribution in [0.15, 0.2) is 146 Å². The number of hydrogen-bond donors (Lipinski definition) is 0. The fourth-order valence-electron chi connectivity index (χ4n) is 5.85. The number of fused-ring (bicyclic) bond motifs is 6. The van der Waals surface area contributed by atoms with E-state index in [1.165, 1.54) is 52.8 Å². The first-order chi connectivity index (χ1) is 19.8. The third-order valence-electron chi connectivity index (χ3n) is 7.73. The molecule has 2 nitrogen and oxygen atoms in total. The molecular weight excluding hydrogens is 504 g/mol. The van der Waals surface area contributed by atoms with Crippen LogP contribution in [0.2, 0.25) is 0 Å². The van der Waals surface area contributed by atoms with Gasteiger partial charge in [0.05, 0.1) is 22.3 Å². The van der Waals surface area contributed by atoms with Gasteiger partial charge in [0.25, 0.3) is 0 Å². The van der Waals surface area contributed by atoms with Gasteiger partial charge in [-0.2, -0.15) is 0 Å². The van der Waals surface area contributed by atoms with Crippen molar-refractivity contribution in [2.45, 2.75) is 0 Å². The molecule has 0 spiro atoms. The van der Waals surface area contributed by atoms with Crippen molar-refractivity contribution in [3.8, 4) is 11.1 Å². The van der Waals surface area contributed by atoms with Gasteiger partial charge in [0, 0.05) is 32.7 Å². The van der Waals surface area contributed by atoms with E-state index in [0.29, 0.717) is 0 Å². The van der Waals surface area contributed by atoms with Crippen molar-refractivity contribution in [2.24, 2.45) is 0 Å². The first-order valence-electron chi connectivity index (χ1n) is 13.5. The maximum Gasteiger partial charge on any atom is 0.0825 e. The van der Waals surface area contributed by atoms with E-state index in [4.69, 9.17) is 4.98 Å². The van der Waals surface area contributed by atoms with Gasteiger partial charge in [-0.15, -0.1) is 11.3 Å². The molecule has 0 atom stereocenters. The standard InChI is InChI=1S/C37H24N2S/c1-2-10-25(11-3-1)26-18-20-28(21-19-26)39(35-24-38-23-33-32-16-8-9-17-36(32)40-37(33)35)34-22-27-12-4-5-13-29(27)30-14-6-7-15-31(30)34/h1-24H. The number of pyridine rings is 1. The van der Waals surface area contributed by atoms with Crippen molar-refractivity contribution < 1.29 is 0 Å². The minimum absolute atomic E-state index is 1.09. The van der Waals surface area contributed by atoms with Crippen LogP contribution < -0.4 is 4.90 Å². The minimum Gasteiger partial charge on any atom is -0.307 e. The van der Waals surface area contributed by atoms with Crippen LogP contribution in [0.25, 0.3) is 52.8 Å². The zero-order valence-electron chi connectivity index (χ0n) is 21.7. The molecule has 0 amide bonds. The Balaban J connectivity index is 1.43. The third-order valence-corrected chi connectivity index (χ3v) is 8.94. The second kappa shape index (κ2) is 9.33. The highest BCUT2D eigenvalue weighted by Gasteiger charge is 2.21. The molecule has 2 aromatic heterocycles. The van der Waals surface area contributed by atoms with Gasteiger partial charge in [-0.05, 0) is 51.6 Å². The topological polar surface area (TPSA) is 16.1 Å². The van der Waals surface area contributed by atoms with Gasteiger partial charge in [-0.25, -0.2) is 0 Å². The van der Waals surface area contributed by atoms with E-state index in [1.54, 1.807) is 0 Å². The molecule has 188 valence electrons. The van der Waals surface area contributed by atoms with Crippen LogP contribution in [0.4, 0.5) is 17.1 Å². The summed E-state index contributed by atoms with van der Waals surface area (Å²) >= 11 is 1.83. The van der Waals surface area contributed by atoms with Crippen molar-refractivity contribution in [1.29, 1.82) is 0 Å². The number of nitrogens with zero attached hydrogens (tertiary/aromatic N) is 2. The van der Waals surface area contributed by atoms with Gasteiger partial charge in [0.15, 0.2) is 0 Å². The van der Waals surface area contributed by atoms with Gasteiger partial charge in [-0.1, -0.05) is 109 Å². The molecule has 0 aliphatic rings. The first kappa shape index (κ1) is 22.9. The monoisotopic (exact) mass is 528 g/mol. The second-order valence-corrected chi connectivity index (χ2v) is 11.1. The summed E-state index contributed by atoms with van der Waals surface area (Å²) in [4.78, 5) is 7.18. The molecule has 2 heterocycles. The number of benzene rings is 6. The lowest BCUT2D eigenvalue weighted by atomic mass is 9.98. The van der Waals surface area contributed by atoms with Crippen LogP contribution in [0, 0.1) is 0 Å². The number of thiophene rings is 1. The van der Waals surface area contributed by atoms with Gasteiger partial charge in [0.2, 0.25) is 0 Å². The number of aromatic nitrogens is 1. The summed E-state index contributed by atoms with van der Waals surface area (Å²) in [6.45, 7) is 0. The molecule has 3 heteroatoms. The highest BCUT2D eigenvalue weighted by Crippen LogP contribution is 2.47. The van der Waals surface area contributed by atoms with E-state index in [9.17, 15) is 0 Å². The Labute approximate surface area is 236 Å². The molecule has 6 aromatic carbocycles. The quantitative estimate of drug-likeness (QED) is 0.211. The zero-order chi connectivity index (χ0) is 26.5. The molecule has 40 heavy (non-hydrogen) atoms. The summed E-state index contributed by atoms with van der Waals surface area (Å²) in [6.07, 6.45) is 4.03. The van der Waals surface area contributed by atoms with Gasteiger partial charge < -0.3 is 4.90 Å². The Morgan fingerprint density at radius 1 is 0.475 bits per heavy atom. The Hall–Kier alpha value is -4.99. The SMILES string of the molecule is c1ccc(-c2ccc(N(c3cc4ccccc4c4ccccc34)c3cncc4c3sc3ccccc34)cc2)cc1. The average Bonchev–Trinajstić information content (AvgIpc) is 3.42. The van der Waals surface area contributed by atoms with Gasteiger partial charge in [0.1, 0.15) is 0 Å². The molecule has 0 radical (unpaired) electrons. The number of anilines is 3. The molecule has 8 aromatic rings. The van der Waals surface area contributed by atoms with E-state index >= 15 is 0 Å². The van der Waals surface area contributed by atoms with E-state index in [-0.39, 0.29) is 0 Å². The second-order valence-electron chi connectivity index (χ2n) is 10.0. The maximum atomic E-state index is 4.78. The lowest BCUT2D eigenvalue weighted by molar-refractivity contribution is 1.27. The Morgan fingerprint density at radius 2 is 1.12 bits per heavy atom. The summed E-state index contributed by atoms with van der Waals surface area (Å²) in [5.74, 6) is 0. The minimum atomic E-state index is 1.09. The zero-order valence-corrected chi connectivity index (χ0v) is 22.5. The molecular formula is C37H24N2S. The van der Waals surface area contributed by atoms with Crippen molar-refractivity contribution in [3.63, 3.8) is 0 Å². The highest BCUT2D eigenvalue weighted by molar-refractivity contribution is 7.26. The molecule has 0 saturated carbocycles. The largest absolute Gasteiger partial charge is 0.307 e. The predicted octanol–water partition coefficient (Wildman–Crippen LogP) is 10.9. The molecule has 0 saturated heterocycles.